The van der Waals surface area contributed by atoms with E-state index in [0.717, 1.165) is 31.2 Å². The first-order valence-electron chi connectivity index (χ1n) is 6.04. The zero-order chi connectivity index (χ0) is 13.4. The van der Waals surface area contributed by atoms with Crippen molar-refractivity contribution in [3.05, 3.63) is 24.8 Å². The molecule has 1 aromatic rings. The van der Waals surface area contributed by atoms with E-state index >= 15 is 0 Å². The van der Waals surface area contributed by atoms with E-state index in [2.05, 4.69) is 32.0 Å². The Morgan fingerprint density at radius 1 is 1.67 bits per heavy atom. The number of nitrogens with zero attached hydrogens (tertiary/aromatic N) is 5. The van der Waals surface area contributed by atoms with Gasteiger partial charge in [-0.05, 0) is 12.8 Å². The van der Waals surface area contributed by atoms with Gasteiger partial charge in [0.2, 0.25) is 0 Å². The Kier molecular flexibility index (Phi) is 5.90. The van der Waals surface area contributed by atoms with Crippen LogP contribution in [0, 0.1) is 0 Å². The summed E-state index contributed by atoms with van der Waals surface area (Å²) in [6.07, 6.45) is 5.71. The van der Waals surface area contributed by atoms with E-state index in [0.29, 0.717) is 6.54 Å². The molecule has 0 aromatic carbocycles. The van der Waals surface area contributed by atoms with Gasteiger partial charge in [-0.2, -0.15) is 0 Å². The third-order valence-corrected chi connectivity index (χ3v) is 2.68. The van der Waals surface area contributed by atoms with Gasteiger partial charge in [-0.25, -0.2) is 0 Å². The molecule has 0 aliphatic rings. The Morgan fingerprint density at radius 2 is 2.44 bits per heavy atom. The van der Waals surface area contributed by atoms with Crippen LogP contribution in [-0.2, 0) is 13.6 Å². The van der Waals surface area contributed by atoms with Gasteiger partial charge in [0.1, 0.15) is 6.33 Å². The van der Waals surface area contributed by atoms with Crippen molar-refractivity contribution in [1.29, 1.82) is 0 Å². The van der Waals surface area contributed by atoms with Crippen LogP contribution in [0.2, 0.25) is 0 Å². The monoisotopic (exact) mass is 250 g/mol. The third kappa shape index (κ3) is 4.20. The lowest BCUT2D eigenvalue weighted by atomic mass is 10.3. The van der Waals surface area contributed by atoms with Crippen molar-refractivity contribution in [3.8, 4) is 0 Å². The van der Waals surface area contributed by atoms with Crippen LogP contribution in [0.5, 0.6) is 0 Å². The van der Waals surface area contributed by atoms with Gasteiger partial charge in [0, 0.05) is 27.7 Å². The van der Waals surface area contributed by atoms with E-state index in [1.807, 2.05) is 24.7 Å². The largest absolute Gasteiger partial charge is 0.349 e. The molecule has 0 saturated heterocycles. The first-order chi connectivity index (χ1) is 8.69. The molecule has 0 atom stereocenters. The van der Waals surface area contributed by atoms with Crippen molar-refractivity contribution in [1.82, 2.24) is 25.0 Å². The predicted molar refractivity (Wildman–Crippen MR) is 73.3 cm³/mol. The summed E-state index contributed by atoms with van der Waals surface area (Å²) >= 11 is 0. The van der Waals surface area contributed by atoms with E-state index in [9.17, 15) is 0 Å². The first kappa shape index (κ1) is 14.2. The third-order valence-electron chi connectivity index (χ3n) is 2.68. The van der Waals surface area contributed by atoms with E-state index in [-0.39, 0.29) is 0 Å². The zero-order valence-electron chi connectivity index (χ0n) is 11.4. The SMILES string of the molecule is C=CCCCN(C)C(=NC)NCc1nncn1C. The van der Waals surface area contributed by atoms with Gasteiger partial charge in [-0.3, -0.25) is 4.99 Å². The van der Waals surface area contributed by atoms with Gasteiger partial charge in [-0.15, -0.1) is 16.8 Å². The molecule has 0 bridgehead atoms. The molecule has 0 unspecified atom stereocenters. The standard InChI is InChI=1S/C12H22N6/c1-5-6-7-8-17(3)12(13-2)14-9-11-16-15-10-18(11)4/h5,10H,1,6-9H2,2-4H3,(H,13,14). The molecule has 1 heterocycles. The number of nitrogens with one attached hydrogen (secondary N) is 1. The molecule has 18 heavy (non-hydrogen) atoms. The maximum Gasteiger partial charge on any atom is 0.193 e. The minimum Gasteiger partial charge on any atom is -0.349 e. The fourth-order valence-corrected chi connectivity index (χ4v) is 1.59. The van der Waals surface area contributed by atoms with E-state index in [1.165, 1.54) is 0 Å². The summed E-state index contributed by atoms with van der Waals surface area (Å²) in [5.41, 5.74) is 0. The first-order valence-corrected chi connectivity index (χ1v) is 6.04. The molecule has 1 rings (SSSR count). The smallest absolute Gasteiger partial charge is 0.193 e. The summed E-state index contributed by atoms with van der Waals surface area (Å²) in [6.45, 7) is 5.29. The number of hydrogen-bond donors (Lipinski definition) is 1. The van der Waals surface area contributed by atoms with Crippen molar-refractivity contribution < 1.29 is 0 Å². The van der Waals surface area contributed by atoms with E-state index < -0.39 is 0 Å². The molecular weight excluding hydrogens is 228 g/mol. The summed E-state index contributed by atoms with van der Waals surface area (Å²) < 4.78 is 1.89. The fourth-order valence-electron chi connectivity index (χ4n) is 1.59. The number of allylic oxidation sites excluding steroid dienone is 1. The number of aromatic nitrogens is 3. The number of rotatable bonds is 6. The zero-order valence-corrected chi connectivity index (χ0v) is 11.4. The van der Waals surface area contributed by atoms with Crippen LogP contribution in [0.1, 0.15) is 18.7 Å². The molecule has 0 saturated carbocycles. The van der Waals surface area contributed by atoms with Crippen molar-refractivity contribution in [3.63, 3.8) is 0 Å². The molecule has 6 nitrogen and oxygen atoms in total. The molecular formula is C12H22N6. The van der Waals surface area contributed by atoms with Gasteiger partial charge in [0.25, 0.3) is 0 Å². The molecule has 6 heteroatoms. The Morgan fingerprint density at radius 3 is 3.00 bits per heavy atom. The Bertz CT molecular complexity index is 395. The Balaban J connectivity index is 2.42. The van der Waals surface area contributed by atoms with Crippen LogP contribution >= 0.6 is 0 Å². The molecule has 0 fully saturated rings. The van der Waals surface area contributed by atoms with Gasteiger partial charge in [0.05, 0.1) is 6.54 Å². The molecule has 0 spiro atoms. The van der Waals surface area contributed by atoms with Gasteiger partial charge in [-0.1, -0.05) is 6.08 Å². The van der Waals surface area contributed by atoms with Gasteiger partial charge < -0.3 is 14.8 Å². The predicted octanol–water partition coefficient (Wildman–Crippen LogP) is 0.788. The normalized spacial score (nSPS) is 11.4. The van der Waals surface area contributed by atoms with Crippen LogP contribution < -0.4 is 5.32 Å². The molecule has 1 N–H and O–H groups in total. The van der Waals surface area contributed by atoms with Gasteiger partial charge in [0.15, 0.2) is 11.8 Å². The second-order valence-corrected chi connectivity index (χ2v) is 4.11. The summed E-state index contributed by atoms with van der Waals surface area (Å²) in [4.78, 5) is 6.34. The highest BCUT2D eigenvalue weighted by Gasteiger charge is 2.06. The van der Waals surface area contributed by atoms with Crippen LogP contribution in [0.15, 0.2) is 24.0 Å². The summed E-state index contributed by atoms with van der Waals surface area (Å²) in [5, 5.41) is 11.1. The number of aliphatic imine (C=N–C) groups is 1. The quantitative estimate of drug-likeness (QED) is 0.351. The minimum absolute atomic E-state index is 0.620. The lowest BCUT2D eigenvalue weighted by Crippen LogP contribution is -2.39. The average Bonchev–Trinajstić information content (AvgIpc) is 2.76. The maximum atomic E-state index is 4.24. The number of guanidine groups is 1. The molecule has 1 aromatic heterocycles. The van der Waals surface area contributed by atoms with Gasteiger partial charge >= 0.3 is 0 Å². The fraction of sp³-hybridized carbons (Fsp3) is 0.583. The molecule has 0 amide bonds. The highest BCUT2D eigenvalue weighted by atomic mass is 15.3. The van der Waals surface area contributed by atoms with E-state index in [4.69, 9.17) is 0 Å². The van der Waals surface area contributed by atoms with Crippen molar-refractivity contribution in [2.45, 2.75) is 19.4 Å². The maximum absolute atomic E-state index is 4.24. The van der Waals surface area contributed by atoms with Crippen molar-refractivity contribution in [2.75, 3.05) is 20.6 Å². The topological polar surface area (TPSA) is 58.3 Å². The molecule has 0 aliphatic carbocycles. The molecule has 0 aliphatic heterocycles. The second-order valence-electron chi connectivity index (χ2n) is 4.11. The second kappa shape index (κ2) is 7.47. The molecule has 100 valence electrons. The van der Waals surface area contributed by atoms with Crippen LogP contribution in [0.3, 0.4) is 0 Å². The van der Waals surface area contributed by atoms with Crippen LogP contribution in [0.25, 0.3) is 0 Å². The van der Waals surface area contributed by atoms with Crippen molar-refractivity contribution >= 4 is 5.96 Å². The van der Waals surface area contributed by atoms with Crippen LogP contribution in [-0.4, -0.2) is 46.3 Å². The van der Waals surface area contributed by atoms with Crippen molar-refractivity contribution in [2.24, 2.45) is 12.0 Å². The Hall–Kier alpha value is -1.85. The van der Waals surface area contributed by atoms with E-state index in [1.54, 1.807) is 13.4 Å². The number of aryl methyl sites for hydroxylation is 1. The Labute approximate surface area is 108 Å². The van der Waals surface area contributed by atoms with Crippen LogP contribution in [0.4, 0.5) is 0 Å². The lowest BCUT2D eigenvalue weighted by molar-refractivity contribution is 0.468. The minimum atomic E-state index is 0.620. The summed E-state index contributed by atoms with van der Waals surface area (Å²) in [5.74, 6) is 1.75. The lowest BCUT2D eigenvalue weighted by Gasteiger charge is -2.21. The average molecular weight is 250 g/mol. The highest BCUT2D eigenvalue weighted by Crippen LogP contribution is 1.96. The number of unbranched alkanes of at least 4 members (excludes halogenated alkanes) is 1. The highest BCUT2D eigenvalue weighted by molar-refractivity contribution is 5.79. The summed E-state index contributed by atoms with van der Waals surface area (Å²) in [7, 11) is 5.73. The number of hydrogen-bond acceptors (Lipinski definition) is 3. The summed E-state index contributed by atoms with van der Waals surface area (Å²) in [6, 6.07) is 0. The molecule has 0 radical (unpaired) electrons.